The molecule has 0 aliphatic carbocycles. The van der Waals surface area contributed by atoms with Crippen LogP contribution >= 0.6 is 0 Å². The quantitative estimate of drug-likeness (QED) is 0.122. The summed E-state index contributed by atoms with van der Waals surface area (Å²) < 4.78 is 24.5. The minimum Gasteiger partial charge on any atom is -0.509 e. The number of fused-ring (bicyclic) bond motifs is 3. The zero-order valence-corrected chi connectivity index (χ0v) is 32.3. The summed E-state index contributed by atoms with van der Waals surface area (Å²) in [6, 6.07) is 29.8. The van der Waals surface area contributed by atoms with E-state index >= 15 is 0 Å². The van der Waals surface area contributed by atoms with Gasteiger partial charge in [0.25, 0.3) is 0 Å². The molecule has 0 aliphatic rings. The first-order valence-corrected chi connectivity index (χ1v) is 17.7. The number of hydrogen-bond donors (Lipinski definition) is 0. The number of para-hydroxylation sites is 1. The van der Waals surface area contributed by atoms with E-state index in [0.717, 1.165) is 58.7 Å². The fourth-order valence-corrected chi connectivity index (χ4v) is 6.95. The summed E-state index contributed by atoms with van der Waals surface area (Å²) in [7, 11) is 0. The van der Waals surface area contributed by atoms with Gasteiger partial charge in [-0.05, 0) is 89.5 Å². The molecule has 0 bridgehead atoms. The number of aromatic nitrogens is 4. The normalized spacial score (nSPS) is 12.6. The van der Waals surface area contributed by atoms with Gasteiger partial charge in [0.2, 0.25) is 0 Å². The molecule has 2 atom stereocenters. The minimum absolute atomic E-state index is 0. The summed E-state index contributed by atoms with van der Waals surface area (Å²) in [5, 5.41) is 6.86. The van der Waals surface area contributed by atoms with Gasteiger partial charge in [-0.2, -0.15) is 17.2 Å². The largest absolute Gasteiger partial charge is 2.00 e. The van der Waals surface area contributed by atoms with Crippen LogP contribution in [0.3, 0.4) is 0 Å². The summed E-state index contributed by atoms with van der Waals surface area (Å²) >= 11 is 0. The Bertz CT molecular complexity index is 2290. The maximum atomic E-state index is 14.3. The van der Waals surface area contributed by atoms with Crippen LogP contribution in [-0.4, -0.2) is 19.3 Å². The predicted molar refractivity (Wildman–Crippen MR) is 201 cm³/mol. The number of aryl methyl sites for hydroxylation is 2. The van der Waals surface area contributed by atoms with Gasteiger partial charge < -0.3 is 9.30 Å². The average molecular weight is 858 g/mol. The molecule has 3 aromatic heterocycles. The van der Waals surface area contributed by atoms with E-state index in [1.165, 1.54) is 46.1 Å². The van der Waals surface area contributed by atoms with E-state index in [2.05, 4.69) is 77.0 Å². The predicted octanol–water partition coefficient (Wildman–Crippen LogP) is 11.4. The first-order valence-electron chi connectivity index (χ1n) is 17.7. The molecule has 0 spiro atoms. The Morgan fingerprint density at radius 2 is 1.51 bits per heavy atom. The van der Waals surface area contributed by atoms with Crippen molar-refractivity contribution in [2.45, 2.75) is 67.2 Å². The van der Waals surface area contributed by atoms with Crippen LogP contribution in [0.15, 0.2) is 91.4 Å². The third-order valence-corrected chi connectivity index (χ3v) is 10.1. The molecule has 0 amide bonds. The molecule has 0 N–H and O–H groups in total. The SMILES string of the molecule is CCC(C)Cc1c(C)cc(C)c(CC(C)CC)c1-c1cnn(-c2[c-]c(Oc3[c-]c4c(cc3)c3ccccc3n4-c3cc(F)ccn3)ccc2)c1.[Pt+2]. The van der Waals surface area contributed by atoms with Crippen LogP contribution in [0.4, 0.5) is 4.39 Å². The van der Waals surface area contributed by atoms with Crippen LogP contribution in [0.5, 0.6) is 11.5 Å². The zero-order chi connectivity index (χ0) is 34.9. The van der Waals surface area contributed by atoms with Crippen molar-refractivity contribution in [3.8, 4) is 34.1 Å². The molecule has 262 valence electrons. The molecule has 0 saturated carbocycles. The van der Waals surface area contributed by atoms with Crippen molar-refractivity contribution in [3.63, 3.8) is 0 Å². The smallest absolute Gasteiger partial charge is 0.509 e. The molecule has 5 nitrogen and oxygen atoms in total. The summed E-state index contributed by atoms with van der Waals surface area (Å²) in [6.45, 7) is 13.7. The van der Waals surface area contributed by atoms with Crippen molar-refractivity contribution < 1.29 is 30.2 Å². The molecule has 7 heteroatoms. The van der Waals surface area contributed by atoms with Crippen molar-refractivity contribution in [1.29, 1.82) is 0 Å². The molecule has 4 aromatic carbocycles. The number of rotatable bonds is 11. The number of pyridine rings is 1. The van der Waals surface area contributed by atoms with Crippen molar-refractivity contribution in [1.82, 2.24) is 19.3 Å². The van der Waals surface area contributed by atoms with E-state index in [4.69, 9.17) is 9.84 Å². The molecule has 0 radical (unpaired) electrons. The Balaban J connectivity index is 0.00000448. The average Bonchev–Trinajstić information content (AvgIpc) is 3.73. The van der Waals surface area contributed by atoms with Crippen LogP contribution in [0.1, 0.15) is 62.8 Å². The van der Waals surface area contributed by atoms with Gasteiger partial charge >= 0.3 is 21.1 Å². The maximum absolute atomic E-state index is 14.3. The summed E-state index contributed by atoms with van der Waals surface area (Å²) in [5.41, 5.74) is 10.5. The molecule has 7 aromatic rings. The van der Waals surface area contributed by atoms with E-state index in [0.29, 0.717) is 29.2 Å². The summed E-state index contributed by atoms with van der Waals surface area (Å²) in [5.74, 6) is 2.38. The third-order valence-electron chi connectivity index (χ3n) is 10.1. The second-order valence-electron chi connectivity index (χ2n) is 13.7. The Morgan fingerprint density at radius 1 is 0.804 bits per heavy atom. The number of benzene rings is 4. The van der Waals surface area contributed by atoms with Crippen molar-refractivity contribution in [3.05, 3.63) is 132 Å². The topological polar surface area (TPSA) is 44.9 Å². The van der Waals surface area contributed by atoms with Crippen molar-refractivity contribution in [2.24, 2.45) is 11.8 Å². The molecular formula is C44H43FN4OPt. The van der Waals surface area contributed by atoms with E-state index < -0.39 is 0 Å². The van der Waals surface area contributed by atoms with Gasteiger partial charge in [-0.15, -0.1) is 35.7 Å². The fraction of sp³-hybridized carbons (Fsp3) is 0.273. The molecule has 0 fully saturated rings. The molecule has 2 unspecified atom stereocenters. The monoisotopic (exact) mass is 857 g/mol. The number of ether oxygens (including phenoxy) is 1. The van der Waals surface area contributed by atoms with Gasteiger partial charge in [0.15, 0.2) is 0 Å². The molecular weight excluding hydrogens is 815 g/mol. The summed E-state index contributed by atoms with van der Waals surface area (Å²) in [4.78, 5) is 4.47. The van der Waals surface area contributed by atoms with E-state index in [1.54, 1.807) is 0 Å². The Hall–Kier alpha value is -4.54. The van der Waals surface area contributed by atoms with Crippen molar-refractivity contribution in [2.75, 3.05) is 0 Å². The van der Waals surface area contributed by atoms with Crippen LogP contribution in [-0.2, 0) is 33.9 Å². The summed E-state index contributed by atoms with van der Waals surface area (Å²) in [6.07, 6.45) is 9.98. The fourth-order valence-electron chi connectivity index (χ4n) is 6.95. The third kappa shape index (κ3) is 7.30. The minimum atomic E-state index is -0.349. The second-order valence-corrected chi connectivity index (χ2v) is 13.7. The zero-order valence-electron chi connectivity index (χ0n) is 30.0. The van der Waals surface area contributed by atoms with Gasteiger partial charge in [-0.1, -0.05) is 70.3 Å². The van der Waals surface area contributed by atoms with E-state index in [1.807, 2.05) is 64.0 Å². The van der Waals surface area contributed by atoms with Gasteiger partial charge in [0, 0.05) is 41.0 Å². The number of nitrogens with zero attached hydrogens (tertiary/aromatic N) is 4. The first-order chi connectivity index (χ1) is 24.2. The van der Waals surface area contributed by atoms with Gasteiger partial charge in [0.1, 0.15) is 11.6 Å². The number of hydrogen-bond acceptors (Lipinski definition) is 3. The van der Waals surface area contributed by atoms with Gasteiger partial charge in [0.05, 0.1) is 6.20 Å². The Morgan fingerprint density at radius 3 is 2.22 bits per heavy atom. The van der Waals surface area contributed by atoms with Crippen molar-refractivity contribution >= 4 is 21.8 Å². The molecule has 51 heavy (non-hydrogen) atoms. The van der Waals surface area contributed by atoms with Gasteiger partial charge in [-0.25, -0.2) is 9.37 Å². The first kappa shape index (κ1) is 36.3. The Kier molecular flexibility index (Phi) is 10.9. The standard InChI is InChI=1S/C44H43FN4O.Pt/c1-7-28(3)20-39-30(5)22-31(6)40(21-29(4)8-2)44(39)32-26-47-48(27-32)34-12-11-13-35(24-34)50-36-16-17-38-37-14-9-10-15-41(37)49(42(38)25-36)43-23-33(45)18-19-46-43;/h9-19,22-23,26-29H,7-8,20-21H2,1-6H3;/q-2;+2. The van der Waals surface area contributed by atoms with Crippen LogP contribution in [0.2, 0.25) is 0 Å². The van der Waals surface area contributed by atoms with Crippen LogP contribution in [0, 0.1) is 43.6 Å². The second kappa shape index (κ2) is 15.4. The van der Waals surface area contributed by atoms with Crippen LogP contribution in [0.25, 0.3) is 44.4 Å². The molecule has 0 saturated heterocycles. The molecule has 7 rings (SSSR count). The molecule has 3 heterocycles. The Labute approximate surface area is 314 Å². The van der Waals surface area contributed by atoms with Crippen LogP contribution < -0.4 is 4.74 Å². The molecule has 0 aliphatic heterocycles. The van der Waals surface area contributed by atoms with E-state index in [-0.39, 0.29) is 26.9 Å². The van der Waals surface area contributed by atoms with Gasteiger partial charge in [-0.3, -0.25) is 4.68 Å². The number of halogens is 1. The van der Waals surface area contributed by atoms with E-state index in [9.17, 15) is 4.39 Å². The maximum Gasteiger partial charge on any atom is 2.00 e.